The Bertz CT molecular complexity index is 4490. The molecular weight excluding hydrogens is 1220 g/mol. The number of hydrogen-bond acceptors (Lipinski definition) is 13. The first kappa shape index (κ1) is 64.2. The number of aromatic nitrogens is 3. The maximum atomic E-state index is 13.0. The van der Waals surface area contributed by atoms with Crippen LogP contribution in [0.5, 0.6) is 0 Å². The van der Waals surface area contributed by atoms with Crippen LogP contribution in [0.1, 0.15) is 194 Å². The molecule has 9 N–H and O–H groups in total. The van der Waals surface area contributed by atoms with Crippen LogP contribution in [0.4, 0.5) is 0 Å². The van der Waals surface area contributed by atoms with Crippen LogP contribution >= 0.6 is 0 Å². The van der Waals surface area contributed by atoms with Crippen LogP contribution in [0.2, 0.25) is 0 Å². The second-order valence-electron chi connectivity index (χ2n) is 35.0. The molecular formula is C81H99N5O11. The highest BCUT2D eigenvalue weighted by Gasteiger charge is 2.74. The predicted molar refractivity (Wildman–Crippen MR) is 373 cm³/mol. The third kappa shape index (κ3) is 8.07. The SMILES string of the molecule is CC(C)(O)[C@H]1O[C@H]2CC[C@@]3(C)[C@@](O)(CC[C@H]4Cc5c([nH]c6ccccc56)[C@@]43C)C2=CC1=NO.CC(C)(O)[C@H]1O[C@H]2CC[C@@]3(C)[C@@](O)(CC[C@H]4Cc5c([nH]c6ccccc56)[C@@]43C)C2=CC1=O.CC1(C)ON=C2C=C3[C@H](CC[C@@]4(C)[C@@]3(O)CC[C@H]3Cc5c([nH]c6ccccc56)[C@@]34C)O[C@@H]21. The van der Waals surface area contributed by atoms with Gasteiger partial charge in [0.15, 0.2) is 11.4 Å². The van der Waals surface area contributed by atoms with Crippen molar-refractivity contribution >= 4 is 49.9 Å². The molecule has 0 unspecified atom stereocenters. The summed E-state index contributed by atoms with van der Waals surface area (Å²) in [4.78, 5) is 29.9. The normalized spacial score (nSPS) is 41.9. The molecule has 6 aromatic rings. The summed E-state index contributed by atoms with van der Waals surface area (Å²) in [5.74, 6) is 1.22. The van der Waals surface area contributed by atoms with E-state index in [-0.39, 0.29) is 57.6 Å². The molecule has 0 spiro atoms. The van der Waals surface area contributed by atoms with E-state index in [1.54, 1.807) is 39.8 Å². The van der Waals surface area contributed by atoms with E-state index in [1.807, 2.05) is 13.8 Å². The van der Waals surface area contributed by atoms with E-state index >= 15 is 0 Å². The molecule has 3 aromatic heterocycles. The molecule has 7 heterocycles. The highest BCUT2D eigenvalue weighted by molar-refractivity contribution is 6.02. The Balaban J connectivity index is 0.000000110. The highest BCUT2D eigenvalue weighted by Crippen LogP contribution is 2.73. The third-order valence-corrected chi connectivity index (χ3v) is 29.8. The monoisotopic (exact) mass is 1320 g/mol. The van der Waals surface area contributed by atoms with Gasteiger partial charge >= 0.3 is 0 Å². The number of aromatic amines is 3. The molecule has 6 saturated carbocycles. The summed E-state index contributed by atoms with van der Waals surface area (Å²) < 4.78 is 19.0. The van der Waals surface area contributed by atoms with Gasteiger partial charge in [-0.2, -0.15) is 0 Å². The number of hydrogen-bond donors (Lipinski definition) is 9. The lowest BCUT2D eigenvalue weighted by Gasteiger charge is -2.64. The first-order valence-corrected chi connectivity index (χ1v) is 36.3. The molecule has 6 fully saturated rings. The molecule has 514 valence electrons. The van der Waals surface area contributed by atoms with Crippen molar-refractivity contribution < 1.29 is 54.6 Å². The van der Waals surface area contributed by atoms with Gasteiger partial charge in [0.25, 0.3) is 0 Å². The minimum Gasteiger partial charge on any atom is -0.411 e. The molecule has 3 aromatic carbocycles. The largest absolute Gasteiger partial charge is 0.411 e. The summed E-state index contributed by atoms with van der Waals surface area (Å²) >= 11 is 0. The van der Waals surface area contributed by atoms with Crippen LogP contribution in [-0.2, 0) is 59.4 Å². The van der Waals surface area contributed by atoms with E-state index in [9.17, 15) is 35.5 Å². The number of nitrogens with zero attached hydrogens (tertiary/aromatic N) is 2. The first-order valence-electron chi connectivity index (χ1n) is 36.3. The molecule has 0 radical (unpaired) electrons. The lowest BCUT2D eigenvalue weighted by atomic mass is 9.42. The number of H-pyrrole nitrogens is 3. The number of carbonyl (C=O) groups excluding carboxylic acids is 1. The second-order valence-corrected chi connectivity index (χ2v) is 35.0. The van der Waals surface area contributed by atoms with Gasteiger partial charge in [0.1, 0.15) is 29.7 Å². The lowest BCUT2D eigenvalue weighted by Crippen LogP contribution is -2.68. The highest BCUT2D eigenvalue weighted by atomic mass is 16.7. The molecule has 0 saturated heterocycles. The second kappa shape index (κ2) is 20.5. The van der Waals surface area contributed by atoms with E-state index in [1.165, 1.54) is 55.4 Å². The van der Waals surface area contributed by atoms with E-state index in [0.717, 1.165) is 117 Å². The Morgan fingerprint density at radius 3 is 1.24 bits per heavy atom. The van der Waals surface area contributed by atoms with Crippen LogP contribution in [0.25, 0.3) is 32.7 Å². The fraction of sp³-hybridized carbons (Fsp3) is 0.593. The number of rotatable bonds is 2. The van der Waals surface area contributed by atoms with Crippen molar-refractivity contribution in [3.63, 3.8) is 0 Å². The molecule has 13 aliphatic rings. The fourth-order valence-electron chi connectivity index (χ4n) is 23.9. The average Bonchev–Trinajstić information content (AvgIpc) is 1.61. The van der Waals surface area contributed by atoms with Crippen LogP contribution in [-0.4, -0.2) is 133 Å². The molecule has 97 heavy (non-hydrogen) atoms. The van der Waals surface area contributed by atoms with E-state index < -0.39 is 56.6 Å². The summed E-state index contributed by atoms with van der Waals surface area (Å²) in [6.45, 7) is 24.5. The molecule has 16 heteroatoms. The van der Waals surface area contributed by atoms with Gasteiger partial charge in [0.2, 0.25) is 0 Å². The molecule has 19 rings (SSSR count). The lowest BCUT2D eigenvalue weighted by molar-refractivity contribution is -0.195. The van der Waals surface area contributed by atoms with Crippen molar-refractivity contribution in [1.29, 1.82) is 0 Å². The quantitative estimate of drug-likeness (QED) is 0.0583. The zero-order chi connectivity index (χ0) is 68.2. The molecule has 4 aliphatic heterocycles. The van der Waals surface area contributed by atoms with Gasteiger partial charge in [-0.05, 0) is 225 Å². The Hall–Kier alpha value is -6.21. The number of ketones is 1. The third-order valence-electron chi connectivity index (χ3n) is 29.8. The van der Waals surface area contributed by atoms with Crippen molar-refractivity contribution in [3.8, 4) is 0 Å². The minimum atomic E-state index is -1.25. The summed E-state index contributed by atoms with van der Waals surface area (Å²) in [6.07, 6.45) is 16.1. The molecule has 0 amide bonds. The summed E-state index contributed by atoms with van der Waals surface area (Å²) in [6, 6.07) is 25.7. The molecule has 9 aliphatic carbocycles. The van der Waals surface area contributed by atoms with Crippen molar-refractivity contribution in [1.82, 2.24) is 15.0 Å². The van der Waals surface area contributed by atoms with E-state index in [4.69, 9.17) is 19.0 Å². The smallest absolute Gasteiger partial charge is 0.187 e. The number of nitrogens with one attached hydrogen (secondary N) is 3. The number of aliphatic hydroxyl groups is 5. The van der Waals surface area contributed by atoms with Crippen LogP contribution in [0.15, 0.2) is 118 Å². The summed E-state index contributed by atoms with van der Waals surface area (Å²) in [5, 5.41) is 80.0. The van der Waals surface area contributed by atoms with Gasteiger partial charge in [0.05, 0.1) is 46.3 Å². The van der Waals surface area contributed by atoms with Crippen LogP contribution in [0, 0.1) is 34.0 Å². The number of benzene rings is 3. The number of para-hydroxylation sites is 3. The number of fused-ring (bicyclic) bond motifs is 28. The minimum absolute atomic E-state index is 0.0678. The maximum absolute atomic E-state index is 13.0. The Kier molecular flexibility index (Phi) is 13.6. The van der Waals surface area contributed by atoms with Crippen LogP contribution < -0.4 is 0 Å². The zero-order valence-corrected chi connectivity index (χ0v) is 58.6. The number of carbonyl (C=O) groups is 1. The van der Waals surface area contributed by atoms with Gasteiger partial charge in [0, 0.05) is 82.3 Å². The van der Waals surface area contributed by atoms with Crippen molar-refractivity contribution in [2.24, 2.45) is 44.3 Å². The van der Waals surface area contributed by atoms with Gasteiger partial charge in [-0.1, -0.05) is 106 Å². The maximum Gasteiger partial charge on any atom is 0.187 e. The van der Waals surface area contributed by atoms with E-state index in [2.05, 4.69) is 146 Å². The fourth-order valence-corrected chi connectivity index (χ4v) is 23.9. The van der Waals surface area contributed by atoms with Gasteiger partial charge in [-0.3, -0.25) is 4.79 Å². The Morgan fingerprint density at radius 2 is 0.845 bits per heavy atom. The Labute approximate surface area is 568 Å². The summed E-state index contributed by atoms with van der Waals surface area (Å²) in [5.41, 5.74) is 7.61. The average molecular weight is 1320 g/mol. The molecule has 18 atom stereocenters. The van der Waals surface area contributed by atoms with Crippen molar-refractivity contribution in [2.75, 3.05) is 0 Å². The molecule has 0 bridgehead atoms. The summed E-state index contributed by atoms with van der Waals surface area (Å²) in [7, 11) is 0. The standard InChI is InChI=1S/C27H34N2O4.C27H32N2O3.C27H33NO4/c1-24(2,30)23-20(29-32)14-18-21(33-23)10-11-25(3)26(4)15(9-12-27(18,25)31)13-17-16-7-5-6-8-19(16)28-22(17)26;1-24(2)23-20(29-32-24)14-18-21(31-23)10-11-25(3)26(4)15(9-12-27(18,25)30)13-17-16-7-5-6-8-19(16)28-22(17)26;1-24(2,30)23-20(29)14-18-21(32-23)10-11-25(3)26(4)15(9-12-27(18,25)31)13-17-16-7-5-6-8-19(16)28-22(17)26/h5-8,14-15,21,23,28,30-32H,9-13H2,1-4H3;5-8,14-15,21,23,28,30H,9-13H2,1-4H3;5-8,14-15,21,23,28,30-31H,9-13H2,1-4H3/t3*15-,21-,23-,25+,26+,27+/m000/s1. The topological polar surface area (TPSA) is 247 Å². The van der Waals surface area contributed by atoms with E-state index in [0.29, 0.717) is 30.6 Å². The van der Waals surface area contributed by atoms with Gasteiger partial charge < -0.3 is 64.7 Å². The van der Waals surface area contributed by atoms with Crippen molar-refractivity contribution in [3.05, 3.63) is 142 Å². The number of oxime groups is 2. The molecule has 16 nitrogen and oxygen atoms in total. The van der Waals surface area contributed by atoms with Gasteiger partial charge in [-0.15, -0.1) is 0 Å². The predicted octanol–water partition coefficient (Wildman–Crippen LogP) is 13.0. The number of ether oxygens (including phenoxy) is 3. The Morgan fingerprint density at radius 1 is 0.485 bits per heavy atom. The van der Waals surface area contributed by atoms with Crippen molar-refractivity contribution in [2.45, 2.75) is 266 Å². The van der Waals surface area contributed by atoms with Gasteiger partial charge in [-0.25, -0.2) is 0 Å². The first-order chi connectivity index (χ1) is 45.7. The van der Waals surface area contributed by atoms with Crippen LogP contribution in [0.3, 0.4) is 0 Å². The zero-order valence-electron chi connectivity index (χ0n) is 58.6.